The van der Waals surface area contributed by atoms with Gasteiger partial charge in [0.15, 0.2) is 0 Å². The second-order valence-electron chi connectivity index (χ2n) is 6.22. The van der Waals surface area contributed by atoms with Gasteiger partial charge >= 0.3 is 5.97 Å². The van der Waals surface area contributed by atoms with E-state index in [1.165, 1.54) is 0 Å². The predicted octanol–water partition coefficient (Wildman–Crippen LogP) is 5.33. The number of halogens is 1. The molecule has 2 unspecified atom stereocenters. The van der Waals surface area contributed by atoms with Crippen molar-refractivity contribution in [2.45, 2.75) is 19.9 Å². The van der Waals surface area contributed by atoms with Crippen LogP contribution in [0.3, 0.4) is 0 Å². The van der Waals surface area contributed by atoms with Crippen molar-refractivity contribution < 1.29 is 9.53 Å². The molecule has 1 aliphatic heterocycles. The molecule has 0 amide bonds. The summed E-state index contributed by atoms with van der Waals surface area (Å²) in [5.41, 5.74) is 3.11. The van der Waals surface area contributed by atoms with Gasteiger partial charge in [-0.3, -0.25) is 0 Å². The molecular formula is C22H22ClNO2. The largest absolute Gasteiger partial charge is 0.463 e. The lowest BCUT2D eigenvalue weighted by Crippen LogP contribution is -2.52. The molecule has 0 saturated carbocycles. The zero-order valence-electron chi connectivity index (χ0n) is 14.9. The van der Waals surface area contributed by atoms with Crippen LogP contribution in [0.2, 0.25) is 5.02 Å². The van der Waals surface area contributed by atoms with Gasteiger partial charge in [-0.2, -0.15) is 0 Å². The average Bonchev–Trinajstić information content (AvgIpc) is 2.65. The minimum Gasteiger partial charge on any atom is -0.463 e. The lowest BCUT2D eigenvalue weighted by atomic mass is 9.84. The van der Waals surface area contributed by atoms with E-state index < -0.39 is 0 Å². The number of carbonyl (C=O) groups is 1. The summed E-state index contributed by atoms with van der Waals surface area (Å²) >= 11 is 6.02. The van der Waals surface area contributed by atoms with E-state index in [1.54, 1.807) is 6.08 Å². The second kappa shape index (κ2) is 8.24. The molecule has 1 saturated heterocycles. The minimum absolute atomic E-state index is 0.164. The number of rotatable bonds is 5. The zero-order valence-corrected chi connectivity index (χ0v) is 15.7. The number of anilines is 1. The average molecular weight is 368 g/mol. The number of carbonyl (C=O) groups excluding carboxylic acids is 1. The first-order valence-corrected chi connectivity index (χ1v) is 9.14. The highest BCUT2D eigenvalue weighted by molar-refractivity contribution is 6.30. The summed E-state index contributed by atoms with van der Waals surface area (Å²) < 4.78 is 5.08. The van der Waals surface area contributed by atoms with Crippen LogP contribution in [-0.4, -0.2) is 18.6 Å². The van der Waals surface area contributed by atoms with Crippen LogP contribution in [0.15, 0.2) is 72.4 Å². The molecule has 2 atom stereocenters. The highest BCUT2D eigenvalue weighted by Gasteiger charge is 2.40. The fourth-order valence-corrected chi connectivity index (χ4v) is 3.29. The SMILES string of the molecule is CCOC(=O)/C=C1/C(C)C(/C=C/c2ccccc2)N1c1ccc(Cl)cc1. The van der Waals surface area contributed by atoms with Crippen molar-refractivity contribution in [1.82, 2.24) is 0 Å². The summed E-state index contributed by atoms with van der Waals surface area (Å²) in [5.74, 6) is -0.0890. The van der Waals surface area contributed by atoms with Crippen LogP contribution in [-0.2, 0) is 9.53 Å². The van der Waals surface area contributed by atoms with Gasteiger partial charge in [-0.1, -0.05) is 61.0 Å². The Morgan fingerprint density at radius 3 is 2.50 bits per heavy atom. The number of ether oxygens (including phenoxy) is 1. The first-order valence-electron chi connectivity index (χ1n) is 8.76. The maximum Gasteiger partial charge on any atom is 0.332 e. The van der Waals surface area contributed by atoms with Gasteiger partial charge in [0.25, 0.3) is 0 Å². The van der Waals surface area contributed by atoms with Crippen LogP contribution < -0.4 is 4.90 Å². The van der Waals surface area contributed by atoms with Crippen LogP contribution in [0, 0.1) is 5.92 Å². The summed E-state index contributed by atoms with van der Waals surface area (Å²) in [4.78, 5) is 14.1. The first-order chi connectivity index (χ1) is 12.6. The lowest BCUT2D eigenvalue weighted by Gasteiger charge is -2.49. The molecule has 0 N–H and O–H groups in total. The predicted molar refractivity (Wildman–Crippen MR) is 107 cm³/mol. The maximum absolute atomic E-state index is 11.9. The van der Waals surface area contributed by atoms with Crippen molar-refractivity contribution >= 4 is 29.3 Å². The maximum atomic E-state index is 11.9. The third kappa shape index (κ3) is 4.00. The van der Waals surface area contributed by atoms with Gasteiger partial charge in [0.05, 0.1) is 12.6 Å². The molecule has 0 spiro atoms. The Kier molecular flexibility index (Phi) is 5.79. The van der Waals surface area contributed by atoms with Gasteiger partial charge in [-0.25, -0.2) is 4.79 Å². The molecule has 26 heavy (non-hydrogen) atoms. The van der Waals surface area contributed by atoms with Crippen LogP contribution in [0.25, 0.3) is 6.08 Å². The van der Waals surface area contributed by atoms with Gasteiger partial charge < -0.3 is 9.64 Å². The fraction of sp³-hybridized carbons (Fsp3) is 0.227. The van der Waals surface area contributed by atoms with Crippen LogP contribution in [0.4, 0.5) is 5.69 Å². The topological polar surface area (TPSA) is 29.5 Å². The molecule has 1 aliphatic rings. The molecular weight excluding hydrogens is 346 g/mol. The highest BCUT2D eigenvalue weighted by atomic mass is 35.5. The molecule has 2 aromatic carbocycles. The highest BCUT2D eigenvalue weighted by Crippen LogP contribution is 2.41. The van der Waals surface area contributed by atoms with Crippen LogP contribution in [0.1, 0.15) is 19.4 Å². The molecule has 0 aliphatic carbocycles. The summed E-state index contributed by atoms with van der Waals surface area (Å²) in [5, 5.41) is 0.689. The van der Waals surface area contributed by atoms with Crippen molar-refractivity contribution in [3.8, 4) is 0 Å². The minimum atomic E-state index is -0.307. The fourth-order valence-electron chi connectivity index (χ4n) is 3.16. The van der Waals surface area contributed by atoms with E-state index in [4.69, 9.17) is 16.3 Å². The molecule has 4 heteroatoms. The quantitative estimate of drug-likeness (QED) is 0.528. The molecule has 0 aromatic heterocycles. The van der Waals surface area contributed by atoms with E-state index in [0.717, 1.165) is 16.9 Å². The third-order valence-electron chi connectivity index (χ3n) is 4.50. The van der Waals surface area contributed by atoms with Gasteiger partial charge in [-0.15, -0.1) is 0 Å². The number of esters is 1. The Hall–Kier alpha value is -2.52. The summed E-state index contributed by atoms with van der Waals surface area (Å²) in [6.45, 7) is 4.30. The Morgan fingerprint density at radius 1 is 1.15 bits per heavy atom. The Bertz CT molecular complexity index is 812. The van der Waals surface area contributed by atoms with Crippen LogP contribution >= 0.6 is 11.6 Å². The standard InChI is InChI=1S/C22H22ClNO2/c1-3-26-22(25)15-21-16(2)20(14-9-17-7-5-4-6-8-17)24(21)19-12-10-18(23)11-13-19/h4-16,20H,3H2,1-2H3/b14-9+,21-15-. The summed E-state index contributed by atoms with van der Waals surface area (Å²) in [6.07, 6.45) is 5.89. The molecule has 3 nitrogen and oxygen atoms in total. The van der Waals surface area contributed by atoms with E-state index in [-0.39, 0.29) is 17.9 Å². The van der Waals surface area contributed by atoms with E-state index in [9.17, 15) is 4.79 Å². The number of hydrogen-bond donors (Lipinski definition) is 0. The monoisotopic (exact) mass is 367 g/mol. The van der Waals surface area contributed by atoms with Crippen molar-refractivity contribution in [2.24, 2.45) is 5.92 Å². The molecule has 134 valence electrons. The van der Waals surface area contributed by atoms with Crippen molar-refractivity contribution in [3.05, 3.63) is 83.0 Å². The Labute approximate surface area is 159 Å². The summed E-state index contributed by atoms with van der Waals surface area (Å²) in [6, 6.07) is 18.0. The van der Waals surface area contributed by atoms with Crippen molar-refractivity contribution in [1.29, 1.82) is 0 Å². The molecule has 1 fully saturated rings. The molecule has 0 bridgehead atoms. The van der Waals surface area contributed by atoms with Gasteiger partial charge in [0.2, 0.25) is 0 Å². The van der Waals surface area contributed by atoms with Crippen molar-refractivity contribution in [3.63, 3.8) is 0 Å². The number of hydrogen-bond acceptors (Lipinski definition) is 3. The van der Waals surface area contributed by atoms with E-state index >= 15 is 0 Å². The lowest BCUT2D eigenvalue weighted by molar-refractivity contribution is -0.137. The smallest absolute Gasteiger partial charge is 0.332 e. The van der Waals surface area contributed by atoms with Gasteiger partial charge in [0, 0.05) is 28.4 Å². The molecule has 0 radical (unpaired) electrons. The van der Waals surface area contributed by atoms with E-state index in [0.29, 0.717) is 11.6 Å². The second-order valence-corrected chi connectivity index (χ2v) is 6.65. The van der Waals surface area contributed by atoms with Gasteiger partial charge in [-0.05, 0) is 36.8 Å². The Balaban J connectivity index is 1.89. The van der Waals surface area contributed by atoms with E-state index in [2.05, 4.69) is 36.1 Å². The summed E-state index contributed by atoms with van der Waals surface area (Å²) in [7, 11) is 0. The third-order valence-corrected chi connectivity index (χ3v) is 4.75. The number of nitrogens with zero attached hydrogens (tertiary/aromatic N) is 1. The number of benzene rings is 2. The van der Waals surface area contributed by atoms with E-state index in [1.807, 2.05) is 49.4 Å². The molecule has 1 heterocycles. The molecule has 3 rings (SSSR count). The van der Waals surface area contributed by atoms with Crippen molar-refractivity contribution in [2.75, 3.05) is 11.5 Å². The normalized spacial score (nSPS) is 21.0. The Morgan fingerprint density at radius 2 is 1.85 bits per heavy atom. The first kappa shape index (κ1) is 18.3. The molecule has 2 aromatic rings. The zero-order chi connectivity index (χ0) is 18.5. The van der Waals surface area contributed by atoms with Gasteiger partial charge in [0.1, 0.15) is 0 Å². The van der Waals surface area contributed by atoms with Crippen LogP contribution in [0.5, 0.6) is 0 Å².